The minimum absolute atomic E-state index is 0.480. The fraction of sp³-hybridized carbons (Fsp3) is 0.235. The lowest BCUT2D eigenvalue weighted by atomic mass is 9.87. The molecule has 0 aliphatic carbocycles. The summed E-state index contributed by atoms with van der Waals surface area (Å²) >= 11 is 0. The predicted octanol–water partition coefficient (Wildman–Crippen LogP) is 4.81. The molecule has 0 aromatic heterocycles. The highest BCUT2D eigenvalue weighted by molar-refractivity contribution is 7.93. The lowest BCUT2D eigenvalue weighted by Gasteiger charge is -2.37. The monoisotopic (exact) mass is 461 g/mol. The maximum Gasteiger partial charge on any atom is 0.436 e. The van der Waals surface area contributed by atoms with E-state index in [0.29, 0.717) is 12.1 Å². The average Bonchev–Trinajstić information content (AvgIpc) is 2.66. The van der Waals surface area contributed by atoms with Gasteiger partial charge in [0.25, 0.3) is 0 Å². The van der Waals surface area contributed by atoms with Crippen molar-refractivity contribution in [2.24, 2.45) is 0 Å². The molecular formula is C17H11F8NO3S. The van der Waals surface area contributed by atoms with Gasteiger partial charge in [0.05, 0.1) is 0 Å². The highest BCUT2D eigenvalue weighted by atomic mass is 32.2. The maximum absolute atomic E-state index is 14.7. The molecular weight excluding hydrogens is 450 g/mol. The smallest absolute Gasteiger partial charge is 0.290 e. The summed E-state index contributed by atoms with van der Waals surface area (Å²) in [7, 11) is -6.66. The second-order valence-electron chi connectivity index (χ2n) is 5.91. The molecule has 4 nitrogen and oxygen atoms in total. The van der Waals surface area contributed by atoms with Gasteiger partial charge in [-0.15, -0.1) is 0 Å². The number of anilines is 1. The van der Waals surface area contributed by atoms with Gasteiger partial charge in [-0.05, 0) is 12.1 Å². The van der Waals surface area contributed by atoms with E-state index in [0.717, 1.165) is 47.2 Å². The van der Waals surface area contributed by atoms with Crippen molar-refractivity contribution in [3.8, 4) is 0 Å². The first kappa shape index (κ1) is 23.6. The number of carbonyl (C=O) groups is 1. The minimum atomic E-state index is -7.05. The highest BCUT2D eigenvalue weighted by Gasteiger charge is 2.86. The van der Waals surface area contributed by atoms with Crippen molar-refractivity contribution in [3.63, 3.8) is 0 Å². The normalized spacial score (nSPS) is 15.3. The van der Waals surface area contributed by atoms with Crippen LogP contribution in [0, 0.1) is 0 Å². The minimum Gasteiger partial charge on any atom is -0.290 e. The molecule has 13 heteroatoms. The van der Waals surface area contributed by atoms with Gasteiger partial charge in [-0.1, -0.05) is 48.5 Å². The topological polar surface area (TPSA) is 63.2 Å². The number of Topliss-reactive ketones (excluding diaryl/α,β-unsaturated/α-hetero) is 1. The van der Waals surface area contributed by atoms with Crippen molar-refractivity contribution < 1.29 is 48.3 Å². The zero-order chi connectivity index (χ0) is 23.0. The Morgan fingerprint density at radius 3 is 1.60 bits per heavy atom. The molecule has 30 heavy (non-hydrogen) atoms. The van der Waals surface area contributed by atoms with Crippen molar-refractivity contribution >= 4 is 21.5 Å². The zero-order valence-electron chi connectivity index (χ0n) is 14.4. The van der Waals surface area contributed by atoms with Gasteiger partial charge in [0.2, 0.25) is 5.78 Å². The fourth-order valence-corrected chi connectivity index (χ4v) is 3.39. The second kappa shape index (κ2) is 7.52. The van der Waals surface area contributed by atoms with E-state index < -0.39 is 50.1 Å². The summed E-state index contributed by atoms with van der Waals surface area (Å²) in [5.41, 5.74) is -8.59. The van der Waals surface area contributed by atoms with Gasteiger partial charge in [0, 0.05) is 11.3 Å². The number of sulfonamides is 1. The molecule has 0 aliphatic rings. The molecule has 164 valence electrons. The summed E-state index contributed by atoms with van der Waals surface area (Å²) in [5, 5.41) is -6.69. The van der Waals surface area contributed by atoms with Crippen LogP contribution in [0.3, 0.4) is 0 Å². The van der Waals surface area contributed by atoms with Crippen LogP contribution >= 0.6 is 0 Å². The number of rotatable bonds is 7. The molecule has 0 amide bonds. The van der Waals surface area contributed by atoms with Crippen molar-refractivity contribution in [1.82, 2.24) is 0 Å². The Bertz CT molecular complexity index is 1010. The first-order valence-electron chi connectivity index (χ1n) is 7.78. The Morgan fingerprint density at radius 1 is 0.733 bits per heavy atom. The molecule has 0 saturated heterocycles. The number of para-hydroxylation sites is 1. The molecule has 1 unspecified atom stereocenters. The number of carbonyl (C=O) groups excluding carboxylic acids is 1. The van der Waals surface area contributed by atoms with E-state index in [2.05, 4.69) is 0 Å². The van der Waals surface area contributed by atoms with E-state index in [9.17, 15) is 48.3 Å². The third kappa shape index (κ3) is 3.61. The summed E-state index contributed by atoms with van der Waals surface area (Å²) in [5.74, 6) is -10.1. The predicted molar refractivity (Wildman–Crippen MR) is 89.5 cm³/mol. The molecule has 1 atom stereocenters. The molecule has 0 spiro atoms. The van der Waals surface area contributed by atoms with E-state index in [4.69, 9.17) is 0 Å². The van der Waals surface area contributed by atoms with Gasteiger partial charge in [-0.25, -0.2) is 4.39 Å². The van der Waals surface area contributed by atoms with Crippen LogP contribution in [0.1, 0.15) is 10.4 Å². The summed E-state index contributed by atoms with van der Waals surface area (Å²) in [6, 6.07) is 8.97. The number of hydrogen-bond acceptors (Lipinski definition) is 3. The summed E-state index contributed by atoms with van der Waals surface area (Å²) in [6.45, 7) is 0. The number of benzene rings is 2. The zero-order valence-corrected chi connectivity index (χ0v) is 15.2. The number of hydrogen-bond donors (Lipinski definition) is 1. The SMILES string of the molecule is O=C(c1ccccc1)C(F)(C(F)(F)F)C(F)(F)C(F)(F)S(=O)(=O)Nc1ccccc1. The Hall–Kier alpha value is -2.70. The number of nitrogens with one attached hydrogen (secondary N) is 1. The van der Waals surface area contributed by atoms with Gasteiger partial charge >= 0.3 is 33.0 Å². The average molecular weight is 461 g/mol. The first-order chi connectivity index (χ1) is 13.6. The molecule has 0 bridgehead atoms. The molecule has 2 aromatic rings. The van der Waals surface area contributed by atoms with Crippen molar-refractivity contribution in [2.75, 3.05) is 4.72 Å². The third-order valence-electron chi connectivity index (χ3n) is 3.90. The van der Waals surface area contributed by atoms with Gasteiger partial charge in [-0.3, -0.25) is 9.52 Å². The molecule has 0 heterocycles. The van der Waals surface area contributed by atoms with Crippen LogP contribution in [0.4, 0.5) is 40.8 Å². The van der Waals surface area contributed by atoms with E-state index in [1.165, 1.54) is 6.07 Å². The molecule has 1 N–H and O–H groups in total. The fourth-order valence-electron chi connectivity index (χ4n) is 2.33. The standard InChI is InChI=1S/C17H11F8NO3S/c18-14(16(21,22)23,13(27)11-7-3-1-4-8-11)15(19,20)17(24,25)30(28,29)26-12-9-5-2-6-10-12/h1-10,26H. The Morgan fingerprint density at radius 2 is 1.17 bits per heavy atom. The highest BCUT2D eigenvalue weighted by Crippen LogP contribution is 2.55. The van der Waals surface area contributed by atoms with E-state index >= 15 is 0 Å². The van der Waals surface area contributed by atoms with Crippen molar-refractivity contribution in [1.29, 1.82) is 0 Å². The van der Waals surface area contributed by atoms with Gasteiger partial charge in [0.15, 0.2) is 0 Å². The maximum atomic E-state index is 14.7. The Balaban J connectivity index is 2.63. The van der Waals surface area contributed by atoms with E-state index in [-0.39, 0.29) is 0 Å². The van der Waals surface area contributed by atoms with Crippen LogP contribution in [0.25, 0.3) is 0 Å². The number of alkyl halides is 8. The largest absolute Gasteiger partial charge is 0.436 e. The first-order valence-corrected chi connectivity index (χ1v) is 9.26. The van der Waals surface area contributed by atoms with E-state index in [1.807, 2.05) is 0 Å². The van der Waals surface area contributed by atoms with Crippen LogP contribution < -0.4 is 4.72 Å². The summed E-state index contributed by atoms with van der Waals surface area (Å²) < 4.78 is 136. The van der Waals surface area contributed by atoms with E-state index in [1.54, 1.807) is 0 Å². The number of ketones is 1. The quantitative estimate of drug-likeness (QED) is 0.476. The van der Waals surface area contributed by atoms with Crippen LogP contribution in [-0.2, 0) is 10.0 Å². The molecule has 2 aromatic carbocycles. The van der Waals surface area contributed by atoms with Crippen molar-refractivity contribution in [2.45, 2.75) is 23.0 Å². The Labute approximate surface area is 164 Å². The molecule has 2 rings (SSSR count). The van der Waals surface area contributed by atoms with Gasteiger partial charge < -0.3 is 0 Å². The van der Waals surface area contributed by atoms with Crippen LogP contribution in [0.5, 0.6) is 0 Å². The van der Waals surface area contributed by atoms with Crippen LogP contribution in [0.2, 0.25) is 0 Å². The molecule has 0 aliphatic heterocycles. The lowest BCUT2D eigenvalue weighted by molar-refractivity contribution is -0.313. The third-order valence-corrected chi connectivity index (χ3v) is 5.34. The molecule has 0 radical (unpaired) electrons. The molecule has 0 fully saturated rings. The van der Waals surface area contributed by atoms with Crippen LogP contribution in [0.15, 0.2) is 60.7 Å². The summed E-state index contributed by atoms with van der Waals surface area (Å²) in [6.07, 6.45) is -6.89. The van der Waals surface area contributed by atoms with Gasteiger partial charge in [0.1, 0.15) is 0 Å². The van der Waals surface area contributed by atoms with Gasteiger partial charge in [-0.2, -0.15) is 39.2 Å². The Kier molecular flexibility index (Phi) is 5.91. The number of halogens is 8. The lowest BCUT2D eigenvalue weighted by Crippen LogP contribution is -2.69. The van der Waals surface area contributed by atoms with Crippen molar-refractivity contribution in [3.05, 3.63) is 66.2 Å². The second-order valence-corrected chi connectivity index (χ2v) is 7.64. The summed E-state index contributed by atoms with van der Waals surface area (Å²) in [4.78, 5) is 12.0. The molecule has 0 saturated carbocycles. The van der Waals surface area contributed by atoms with Crippen LogP contribution in [-0.4, -0.2) is 37.2 Å².